The van der Waals surface area contributed by atoms with Gasteiger partial charge in [-0.3, -0.25) is 0 Å². The summed E-state index contributed by atoms with van der Waals surface area (Å²) in [6, 6.07) is 0. The fraction of sp³-hybridized carbons (Fsp3) is 0.667. The molecular weight excluding hydrogens is 170 g/mol. The van der Waals surface area contributed by atoms with Crippen molar-refractivity contribution < 1.29 is 15.0 Å². The van der Waals surface area contributed by atoms with Crippen molar-refractivity contribution in [1.29, 1.82) is 0 Å². The Bertz CT molecular complexity index is 194. The molecule has 0 aromatic carbocycles. The van der Waals surface area contributed by atoms with Gasteiger partial charge in [0.05, 0.1) is 5.60 Å². The molecule has 0 aliphatic rings. The van der Waals surface area contributed by atoms with Crippen molar-refractivity contribution in [2.24, 2.45) is 0 Å². The van der Waals surface area contributed by atoms with Crippen LogP contribution in [0.5, 0.6) is 0 Å². The molecule has 0 spiro atoms. The van der Waals surface area contributed by atoms with Crippen molar-refractivity contribution in [2.75, 3.05) is 13.1 Å². The number of nitrogens with zero attached hydrogens (tertiary/aromatic N) is 1. The molecule has 0 rings (SSSR count). The van der Waals surface area contributed by atoms with Gasteiger partial charge in [0.2, 0.25) is 0 Å². The van der Waals surface area contributed by atoms with Crippen LogP contribution in [0.3, 0.4) is 0 Å². The summed E-state index contributed by atoms with van der Waals surface area (Å²) in [5, 5.41) is 17.8. The third-order valence-electron chi connectivity index (χ3n) is 1.42. The fourth-order valence-corrected chi connectivity index (χ4v) is 0.936. The Hall–Kier alpha value is -1.03. The second kappa shape index (κ2) is 4.87. The molecule has 0 aliphatic carbocycles. The van der Waals surface area contributed by atoms with E-state index in [1.165, 1.54) is 6.20 Å². The van der Waals surface area contributed by atoms with E-state index in [4.69, 9.17) is 5.11 Å². The standard InChI is InChI=1S/C9H17NO3/c1-4-10(6-5-8(11)12)7-9(2,3)13/h5-6,13H,4,7H2,1-3H3,(H,11,12). The van der Waals surface area contributed by atoms with E-state index in [-0.39, 0.29) is 0 Å². The first-order valence-electron chi connectivity index (χ1n) is 4.22. The minimum Gasteiger partial charge on any atom is -0.478 e. The minimum atomic E-state index is -0.978. The van der Waals surface area contributed by atoms with E-state index < -0.39 is 11.6 Å². The molecule has 0 unspecified atom stereocenters. The number of aliphatic hydroxyl groups is 1. The lowest BCUT2D eigenvalue weighted by Gasteiger charge is -2.26. The first kappa shape index (κ1) is 12.0. The zero-order valence-corrected chi connectivity index (χ0v) is 8.32. The maximum atomic E-state index is 10.2. The Labute approximate surface area is 78.5 Å². The summed E-state index contributed by atoms with van der Waals surface area (Å²) in [4.78, 5) is 12.0. The van der Waals surface area contributed by atoms with Crippen LogP contribution in [0.2, 0.25) is 0 Å². The van der Waals surface area contributed by atoms with Crippen molar-refractivity contribution in [1.82, 2.24) is 4.90 Å². The lowest BCUT2D eigenvalue weighted by Crippen LogP contribution is -2.35. The van der Waals surface area contributed by atoms with E-state index >= 15 is 0 Å². The van der Waals surface area contributed by atoms with Crippen molar-refractivity contribution in [3.8, 4) is 0 Å². The van der Waals surface area contributed by atoms with E-state index in [2.05, 4.69) is 0 Å². The highest BCUT2D eigenvalue weighted by Crippen LogP contribution is 2.04. The van der Waals surface area contributed by atoms with Crippen LogP contribution in [0, 0.1) is 0 Å². The topological polar surface area (TPSA) is 60.8 Å². The molecular formula is C9H17NO3. The summed E-state index contributed by atoms with van der Waals surface area (Å²) in [5.74, 6) is -0.978. The first-order valence-corrected chi connectivity index (χ1v) is 4.22. The van der Waals surface area contributed by atoms with Crippen molar-refractivity contribution in [3.63, 3.8) is 0 Å². The van der Waals surface area contributed by atoms with Crippen LogP contribution in [-0.2, 0) is 4.79 Å². The Balaban J connectivity index is 4.12. The van der Waals surface area contributed by atoms with Gasteiger partial charge in [0.15, 0.2) is 0 Å². The monoisotopic (exact) mass is 187 g/mol. The van der Waals surface area contributed by atoms with Crippen LogP contribution in [0.15, 0.2) is 12.3 Å². The summed E-state index contributed by atoms with van der Waals surface area (Å²) >= 11 is 0. The number of hydrogen-bond acceptors (Lipinski definition) is 3. The quantitative estimate of drug-likeness (QED) is 0.621. The molecule has 0 heterocycles. The third kappa shape index (κ3) is 7.33. The number of hydrogen-bond donors (Lipinski definition) is 2. The Morgan fingerprint density at radius 1 is 1.54 bits per heavy atom. The van der Waals surface area contributed by atoms with Gasteiger partial charge in [0, 0.05) is 25.4 Å². The zero-order chi connectivity index (χ0) is 10.5. The van der Waals surface area contributed by atoms with Gasteiger partial charge in [0.1, 0.15) is 0 Å². The number of carbonyl (C=O) groups is 1. The van der Waals surface area contributed by atoms with Gasteiger partial charge < -0.3 is 15.1 Å². The van der Waals surface area contributed by atoms with Gasteiger partial charge in [-0.05, 0) is 20.8 Å². The van der Waals surface area contributed by atoms with Crippen LogP contribution in [0.4, 0.5) is 0 Å². The molecule has 13 heavy (non-hydrogen) atoms. The predicted molar refractivity (Wildman–Crippen MR) is 50.3 cm³/mol. The molecule has 0 radical (unpaired) electrons. The highest BCUT2D eigenvalue weighted by Gasteiger charge is 2.14. The molecule has 0 saturated carbocycles. The maximum Gasteiger partial charge on any atom is 0.329 e. The minimum absolute atomic E-state index is 0.424. The van der Waals surface area contributed by atoms with Gasteiger partial charge in [-0.15, -0.1) is 0 Å². The summed E-state index contributed by atoms with van der Waals surface area (Å²) in [6.07, 6.45) is 2.54. The van der Waals surface area contributed by atoms with E-state index in [0.29, 0.717) is 13.1 Å². The Morgan fingerprint density at radius 3 is 2.38 bits per heavy atom. The normalized spacial score (nSPS) is 12.0. The lowest BCUT2D eigenvalue weighted by molar-refractivity contribution is -0.131. The van der Waals surface area contributed by atoms with E-state index in [1.54, 1.807) is 18.7 Å². The molecule has 0 aliphatic heterocycles. The molecule has 0 fully saturated rings. The summed E-state index contributed by atoms with van der Waals surface area (Å²) < 4.78 is 0. The summed E-state index contributed by atoms with van der Waals surface area (Å²) in [6.45, 7) is 6.37. The molecule has 4 nitrogen and oxygen atoms in total. The molecule has 0 atom stereocenters. The van der Waals surface area contributed by atoms with Crippen molar-refractivity contribution >= 4 is 5.97 Å². The molecule has 0 bridgehead atoms. The maximum absolute atomic E-state index is 10.2. The Kier molecular flexibility index (Phi) is 4.48. The SMILES string of the molecule is CCN(C=CC(=O)O)CC(C)(C)O. The average molecular weight is 187 g/mol. The van der Waals surface area contributed by atoms with Crippen LogP contribution in [0.1, 0.15) is 20.8 Å². The van der Waals surface area contributed by atoms with Crippen molar-refractivity contribution in [2.45, 2.75) is 26.4 Å². The average Bonchev–Trinajstić information content (AvgIpc) is 1.95. The highest BCUT2D eigenvalue weighted by atomic mass is 16.4. The molecule has 4 heteroatoms. The molecule has 2 N–H and O–H groups in total. The van der Waals surface area contributed by atoms with Gasteiger partial charge in [-0.1, -0.05) is 0 Å². The molecule has 0 aromatic rings. The second-order valence-electron chi connectivity index (χ2n) is 3.53. The summed E-state index contributed by atoms with van der Waals surface area (Å²) in [7, 11) is 0. The molecule has 76 valence electrons. The second-order valence-corrected chi connectivity index (χ2v) is 3.53. The van der Waals surface area contributed by atoms with Crippen molar-refractivity contribution in [3.05, 3.63) is 12.3 Å². The number of likely N-dealkylation sites (N-methyl/N-ethyl adjacent to an activating group) is 1. The van der Waals surface area contributed by atoms with Gasteiger partial charge >= 0.3 is 5.97 Å². The molecule has 0 amide bonds. The van der Waals surface area contributed by atoms with Gasteiger partial charge in [0.25, 0.3) is 0 Å². The zero-order valence-electron chi connectivity index (χ0n) is 8.32. The van der Waals surface area contributed by atoms with Crippen LogP contribution >= 0.6 is 0 Å². The number of carboxylic acids is 1. The highest BCUT2D eigenvalue weighted by molar-refractivity contribution is 5.79. The summed E-state index contributed by atoms with van der Waals surface area (Å²) in [5.41, 5.74) is -0.807. The molecule has 0 saturated heterocycles. The third-order valence-corrected chi connectivity index (χ3v) is 1.42. The smallest absolute Gasteiger partial charge is 0.329 e. The van der Waals surface area contributed by atoms with Crippen LogP contribution in [0.25, 0.3) is 0 Å². The fourth-order valence-electron chi connectivity index (χ4n) is 0.936. The van der Waals surface area contributed by atoms with Gasteiger partial charge in [-0.2, -0.15) is 0 Å². The largest absolute Gasteiger partial charge is 0.478 e. The Morgan fingerprint density at radius 2 is 2.08 bits per heavy atom. The number of aliphatic carboxylic acids is 1. The lowest BCUT2D eigenvalue weighted by atomic mass is 10.1. The van der Waals surface area contributed by atoms with E-state index in [9.17, 15) is 9.90 Å². The van der Waals surface area contributed by atoms with Crippen LogP contribution in [-0.4, -0.2) is 39.8 Å². The van der Waals surface area contributed by atoms with Gasteiger partial charge in [-0.25, -0.2) is 4.79 Å². The van der Waals surface area contributed by atoms with E-state index in [1.807, 2.05) is 6.92 Å². The van der Waals surface area contributed by atoms with E-state index in [0.717, 1.165) is 6.08 Å². The number of carboxylic acid groups (broad SMARTS) is 1. The predicted octanol–water partition coefficient (Wildman–Crippen LogP) is 0.677. The van der Waals surface area contributed by atoms with Crippen LogP contribution < -0.4 is 0 Å². The first-order chi connectivity index (χ1) is 5.85. The molecule has 0 aromatic heterocycles. The number of rotatable bonds is 5.